The van der Waals surface area contributed by atoms with Crippen molar-refractivity contribution in [3.8, 4) is 5.75 Å². The minimum atomic E-state index is 0.297. The molecule has 0 amide bonds. The van der Waals surface area contributed by atoms with Gasteiger partial charge < -0.3 is 4.74 Å². The molecule has 1 aromatic carbocycles. The molecule has 0 spiro atoms. The van der Waals surface area contributed by atoms with Crippen LogP contribution in [-0.4, -0.2) is 6.10 Å². The van der Waals surface area contributed by atoms with Crippen LogP contribution in [0.3, 0.4) is 0 Å². The Labute approximate surface area is 118 Å². The number of benzene rings is 1. The Bertz CT molecular complexity index is 406. The van der Waals surface area contributed by atoms with E-state index in [1.54, 1.807) is 0 Å². The highest BCUT2D eigenvalue weighted by Crippen LogP contribution is 2.25. The molecular formula is C18H26O. The monoisotopic (exact) mass is 258 g/mol. The normalized spacial score (nSPS) is 11.9. The van der Waals surface area contributed by atoms with E-state index in [0.29, 0.717) is 6.10 Å². The molecule has 0 aromatic heterocycles. The van der Waals surface area contributed by atoms with Crippen molar-refractivity contribution in [3.63, 3.8) is 0 Å². The second kappa shape index (κ2) is 8.58. The quantitative estimate of drug-likeness (QED) is 0.515. The van der Waals surface area contributed by atoms with E-state index >= 15 is 0 Å². The summed E-state index contributed by atoms with van der Waals surface area (Å²) in [5.74, 6) is 0.927. The zero-order valence-corrected chi connectivity index (χ0v) is 12.3. The van der Waals surface area contributed by atoms with Gasteiger partial charge in [-0.25, -0.2) is 0 Å². The number of unbranched alkanes of at least 4 members (excludes halogenated alkanes) is 2. The van der Waals surface area contributed by atoms with Gasteiger partial charge in [0, 0.05) is 5.56 Å². The molecule has 1 atom stereocenters. The van der Waals surface area contributed by atoms with Crippen molar-refractivity contribution >= 4 is 12.2 Å². The summed E-state index contributed by atoms with van der Waals surface area (Å²) < 4.78 is 6.16. The maximum Gasteiger partial charge on any atom is 0.127 e. The molecular weight excluding hydrogens is 232 g/mol. The molecule has 1 aromatic rings. The molecule has 0 fully saturated rings. The maximum atomic E-state index is 6.16. The predicted octanol–water partition coefficient (Wildman–Crippen LogP) is 5.71. The van der Waals surface area contributed by atoms with E-state index in [9.17, 15) is 0 Å². The fourth-order valence-electron chi connectivity index (χ4n) is 2.10. The van der Waals surface area contributed by atoms with Crippen molar-refractivity contribution in [2.24, 2.45) is 0 Å². The molecule has 0 aliphatic rings. The fourth-order valence-corrected chi connectivity index (χ4v) is 2.10. The molecule has 1 heteroatoms. The first-order chi connectivity index (χ1) is 9.24. The van der Waals surface area contributed by atoms with Crippen molar-refractivity contribution in [2.75, 3.05) is 0 Å². The molecule has 0 bridgehead atoms. The third-order valence-electron chi connectivity index (χ3n) is 3.37. The molecule has 1 unspecified atom stereocenters. The Morgan fingerprint density at radius 1 is 1.16 bits per heavy atom. The van der Waals surface area contributed by atoms with Gasteiger partial charge in [-0.1, -0.05) is 64.1 Å². The summed E-state index contributed by atoms with van der Waals surface area (Å²) in [5, 5.41) is 0. The molecule has 0 saturated carbocycles. The van der Waals surface area contributed by atoms with Crippen molar-refractivity contribution in [1.82, 2.24) is 0 Å². The van der Waals surface area contributed by atoms with Gasteiger partial charge in [-0.15, -0.1) is 0 Å². The van der Waals surface area contributed by atoms with Gasteiger partial charge in [-0.2, -0.15) is 0 Å². The summed E-state index contributed by atoms with van der Waals surface area (Å²) in [6, 6.07) is 6.12. The van der Waals surface area contributed by atoms with Crippen LogP contribution in [-0.2, 0) is 0 Å². The first kappa shape index (κ1) is 15.6. The summed E-state index contributed by atoms with van der Waals surface area (Å²) in [6.45, 7) is 12.1. The summed E-state index contributed by atoms with van der Waals surface area (Å²) in [5.41, 5.74) is 2.14. The van der Waals surface area contributed by atoms with Gasteiger partial charge in [0.25, 0.3) is 0 Å². The zero-order valence-electron chi connectivity index (χ0n) is 12.3. The lowest BCUT2D eigenvalue weighted by Crippen LogP contribution is -2.15. The van der Waals surface area contributed by atoms with Crippen molar-refractivity contribution in [1.29, 1.82) is 0 Å². The standard InChI is InChI=1S/C18H26O/c1-5-9-10-11-17(8-4)19-18-14-15(6-2)12-13-16(18)7-3/h6-7,12-14,17H,2-3,5,8-11H2,1,4H3. The first-order valence-electron chi connectivity index (χ1n) is 7.30. The Hall–Kier alpha value is -1.50. The van der Waals surface area contributed by atoms with Crippen LogP contribution in [0, 0.1) is 0 Å². The average molecular weight is 258 g/mol. The second-order valence-electron chi connectivity index (χ2n) is 4.85. The molecule has 104 valence electrons. The fraction of sp³-hybridized carbons (Fsp3) is 0.444. The minimum absolute atomic E-state index is 0.297. The lowest BCUT2D eigenvalue weighted by Gasteiger charge is -2.19. The number of ether oxygens (including phenoxy) is 1. The third-order valence-corrected chi connectivity index (χ3v) is 3.37. The van der Waals surface area contributed by atoms with Crippen LogP contribution >= 0.6 is 0 Å². The highest BCUT2D eigenvalue weighted by molar-refractivity contribution is 5.61. The van der Waals surface area contributed by atoms with Gasteiger partial charge in [0.2, 0.25) is 0 Å². The van der Waals surface area contributed by atoms with Crippen LogP contribution in [0.25, 0.3) is 12.2 Å². The number of hydrogen-bond donors (Lipinski definition) is 0. The maximum absolute atomic E-state index is 6.16. The average Bonchev–Trinajstić information content (AvgIpc) is 2.46. The van der Waals surface area contributed by atoms with E-state index in [1.165, 1.54) is 19.3 Å². The molecule has 0 aliphatic heterocycles. The molecule has 0 saturated heterocycles. The Morgan fingerprint density at radius 3 is 2.53 bits per heavy atom. The predicted molar refractivity (Wildman–Crippen MR) is 85.5 cm³/mol. The van der Waals surface area contributed by atoms with E-state index in [2.05, 4.69) is 27.0 Å². The molecule has 1 rings (SSSR count). The van der Waals surface area contributed by atoms with E-state index < -0.39 is 0 Å². The second-order valence-corrected chi connectivity index (χ2v) is 4.85. The molecule has 0 aliphatic carbocycles. The molecule has 0 radical (unpaired) electrons. The smallest absolute Gasteiger partial charge is 0.127 e. The first-order valence-corrected chi connectivity index (χ1v) is 7.30. The number of hydrogen-bond acceptors (Lipinski definition) is 1. The van der Waals surface area contributed by atoms with E-state index in [1.807, 2.05) is 30.4 Å². The lowest BCUT2D eigenvalue weighted by molar-refractivity contribution is 0.182. The highest BCUT2D eigenvalue weighted by Gasteiger charge is 2.10. The number of rotatable bonds is 9. The van der Waals surface area contributed by atoms with Gasteiger partial charge in [-0.05, 0) is 30.9 Å². The minimum Gasteiger partial charge on any atom is -0.490 e. The van der Waals surface area contributed by atoms with Gasteiger partial charge in [0.1, 0.15) is 5.75 Å². The van der Waals surface area contributed by atoms with Gasteiger partial charge in [-0.3, -0.25) is 0 Å². The van der Waals surface area contributed by atoms with Gasteiger partial charge >= 0.3 is 0 Å². The molecule has 1 nitrogen and oxygen atoms in total. The van der Waals surface area contributed by atoms with Crippen molar-refractivity contribution in [3.05, 3.63) is 42.5 Å². The summed E-state index contributed by atoms with van der Waals surface area (Å²) >= 11 is 0. The zero-order chi connectivity index (χ0) is 14.1. The topological polar surface area (TPSA) is 9.23 Å². The van der Waals surface area contributed by atoms with E-state index in [0.717, 1.165) is 29.7 Å². The van der Waals surface area contributed by atoms with Crippen LogP contribution in [0.4, 0.5) is 0 Å². The Balaban J connectivity index is 2.76. The van der Waals surface area contributed by atoms with Crippen LogP contribution in [0.2, 0.25) is 0 Å². The van der Waals surface area contributed by atoms with Crippen molar-refractivity contribution in [2.45, 2.75) is 52.1 Å². The van der Waals surface area contributed by atoms with E-state index in [-0.39, 0.29) is 0 Å². The van der Waals surface area contributed by atoms with Gasteiger partial charge in [0.05, 0.1) is 6.10 Å². The highest BCUT2D eigenvalue weighted by atomic mass is 16.5. The van der Waals surface area contributed by atoms with E-state index in [4.69, 9.17) is 4.74 Å². The SMILES string of the molecule is C=Cc1ccc(C=C)c(OC(CC)CCCCC)c1. The van der Waals surface area contributed by atoms with Crippen LogP contribution in [0.1, 0.15) is 57.1 Å². The molecule has 19 heavy (non-hydrogen) atoms. The largest absolute Gasteiger partial charge is 0.490 e. The van der Waals surface area contributed by atoms with Gasteiger partial charge in [0.15, 0.2) is 0 Å². The summed E-state index contributed by atoms with van der Waals surface area (Å²) in [7, 11) is 0. The van der Waals surface area contributed by atoms with Crippen molar-refractivity contribution < 1.29 is 4.74 Å². The van der Waals surface area contributed by atoms with Crippen LogP contribution in [0.15, 0.2) is 31.4 Å². The Morgan fingerprint density at radius 2 is 1.95 bits per heavy atom. The molecule has 0 heterocycles. The third kappa shape index (κ3) is 4.94. The summed E-state index contributed by atoms with van der Waals surface area (Å²) in [4.78, 5) is 0. The molecule has 0 N–H and O–H groups in total. The van der Waals surface area contributed by atoms with Crippen LogP contribution < -0.4 is 4.74 Å². The lowest BCUT2D eigenvalue weighted by atomic mass is 10.1. The summed E-state index contributed by atoms with van der Waals surface area (Å²) in [6.07, 6.45) is 9.92. The van der Waals surface area contributed by atoms with Crippen LogP contribution in [0.5, 0.6) is 5.75 Å². The Kier molecular flexibility index (Phi) is 7.02.